The zero-order chi connectivity index (χ0) is 14.9. The molecule has 7 heteroatoms. The van der Waals surface area contributed by atoms with Gasteiger partial charge in [0.15, 0.2) is 0 Å². The summed E-state index contributed by atoms with van der Waals surface area (Å²) in [6, 6.07) is 3.04. The third-order valence-corrected chi connectivity index (χ3v) is 3.49. The van der Waals surface area contributed by atoms with E-state index >= 15 is 0 Å². The van der Waals surface area contributed by atoms with Crippen LogP contribution in [0, 0.1) is 0 Å². The van der Waals surface area contributed by atoms with Gasteiger partial charge in [-0.3, -0.25) is 4.57 Å². The Bertz CT molecular complexity index is 718. The maximum Gasteiger partial charge on any atom is 0.351 e. The second-order valence-corrected chi connectivity index (χ2v) is 5.00. The molecule has 2 rings (SSSR count). The van der Waals surface area contributed by atoms with Crippen molar-refractivity contribution in [2.24, 2.45) is 0 Å². The normalized spacial score (nSPS) is 10.8. The van der Waals surface area contributed by atoms with Gasteiger partial charge >= 0.3 is 5.69 Å². The minimum Gasteiger partial charge on any atom is -0.397 e. The maximum absolute atomic E-state index is 12.4. The third kappa shape index (κ3) is 2.46. The quantitative estimate of drug-likeness (QED) is 0.697. The van der Waals surface area contributed by atoms with Crippen molar-refractivity contribution in [2.45, 2.75) is 19.9 Å². The predicted octanol–water partition coefficient (Wildman–Crippen LogP) is 2.67. The Morgan fingerprint density at radius 1 is 1.40 bits per heavy atom. The van der Waals surface area contributed by atoms with Crippen LogP contribution in [0.4, 0.5) is 5.69 Å². The lowest BCUT2D eigenvalue weighted by Gasteiger charge is -2.05. The Labute approximate surface area is 126 Å². The Kier molecular flexibility index (Phi) is 4.20. The molecular formula is C13H14Cl2N4O. The van der Waals surface area contributed by atoms with Crippen LogP contribution >= 0.6 is 23.2 Å². The summed E-state index contributed by atoms with van der Waals surface area (Å²) in [7, 11) is 0. The van der Waals surface area contributed by atoms with Crippen molar-refractivity contribution in [1.29, 1.82) is 0 Å². The first-order chi connectivity index (χ1) is 9.49. The molecule has 0 spiro atoms. The van der Waals surface area contributed by atoms with Gasteiger partial charge in [0.25, 0.3) is 0 Å². The van der Waals surface area contributed by atoms with Gasteiger partial charge in [0, 0.05) is 13.0 Å². The number of nitrogen functional groups attached to an aromatic ring is 1. The molecule has 0 fully saturated rings. The fourth-order valence-corrected chi connectivity index (χ4v) is 2.35. The fraction of sp³-hybridized carbons (Fsp3) is 0.231. The number of aryl methyl sites for hydroxylation is 1. The summed E-state index contributed by atoms with van der Waals surface area (Å²) in [6.07, 6.45) is 2.27. The van der Waals surface area contributed by atoms with Crippen LogP contribution in [0.1, 0.15) is 12.7 Å². The number of hydrogen-bond donors (Lipinski definition) is 1. The molecule has 20 heavy (non-hydrogen) atoms. The van der Waals surface area contributed by atoms with E-state index in [9.17, 15) is 4.79 Å². The number of aromatic nitrogens is 3. The van der Waals surface area contributed by atoms with Crippen molar-refractivity contribution < 1.29 is 0 Å². The van der Waals surface area contributed by atoms with Gasteiger partial charge in [-0.15, -0.1) is 11.7 Å². The van der Waals surface area contributed by atoms with E-state index in [2.05, 4.69) is 11.7 Å². The summed E-state index contributed by atoms with van der Waals surface area (Å²) in [6.45, 7) is 5.95. The summed E-state index contributed by atoms with van der Waals surface area (Å²) in [5.41, 5.74) is 6.22. The topological polar surface area (TPSA) is 65.8 Å². The molecule has 0 aliphatic heterocycles. The van der Waals surface area contributed by atoms with Crippen molar-refractivity contribution in [3.05, 3.63) is 51.1 Å². The van der Waals surface area contributed by atoms with Gasteiger partial charge in [0.05, 0.1) is 21.4 Å². The lowest BCUT2D eigenvalue weighted by Crippen LogP contribution is -2.24. The minimum atomic E-state index is -0.287. The van der Waals surface area contributed by atoms with Gasteiger partial charge < -0.3 is 5.73 Å². The molecule has 2 aromatic rings. The number of allylic oxidation sites excluding steroid dienone is 1. The summed E-state index contributed by atoms with van der Waals surface area (Å²) in [5.74, 6) is 0.652. The molecule has 0 bridgehead atoms. The highest BCUT2D eigenvalue weighted by Gasteiger charge is 2.15. The molecule has 0 aliphatic carbocycles. The molecule has 106 valence electrons. The first-order valence-electron chi connectivity index (χ1n) is 6.04. The van der Waals surface area contributed by atoms with Crippen LogP contribution in [0.15, 0.2) is 29.6 Å². The molecule has 0 amide bonds. The summed E-state index contributed by atoms with van der Waals surface area (Å²) in [4.78, 5) is 12.4. The SMILES string of the molecule is C=CCn1c(CC)nn(-c2cc(N)c(Cl)cc2Cl)c1=O. The zero-order valence-corrected chi connectivity index (χ0v) is 12.4. The van der Waals surface area contributed by atoms with E-state index in [0.29, 0.717) is 40.2 Å². The van der Waals surface area contributed by atoms with Gasteiger partial charge in [-0.05, 0) is 12.1 Å². The summed E-state index contributed by atoms with van der Waals surface area (Å²) < 4.78 is 2.77. The molecule has 1 heterocycles. The van der Waals surface area contributed by atoms with E-state index in [4.69, 9.17) is 28.9 Å². The minimum absolute atomic E-state index is 0.287. The number of nitrogens with zero attached hydrogens (tertiary/aromatic N) is 3. The van der Waals surface area contributed by atoms with Crippen LogP contribution in [-0.2, 0) is 13.0 Å². The van der Waals surface area contributed by atoms with E-state index in [0.717, 1.165) is 0 Å². The van der Waals surface area contributed by atoms with Gasteiger partial charge in [-0.1, -0.05) is 36.2 Å². The number of anilines is 1. The molecule has 0 saturated carbocycles. The van der Waals surface area contributed by atoms with E-state index in [1.54, 1.807) is 6.08 Å². The molecule has 2 N–H and O–H groups in total. The highest BCUT2D eigenvalue weighted by atomic mass is 35.5. The lowest BCUT2D eigenvalue weighted by atomic mass is 10.3. The van der Waals surface area contributed by atoms with Crippen LogP contribution in [0.25, 0.3) is 5.69 Å². The zero-order valence-electron chi connectivity index (χ0n) is 10.9. The Morgan fingerprint density at radius 2 is 2.10 bits per heavy atom. The number of nitrogens with two attached hydrogens (primary N) is 1. The van der Waals surface area contributed by atoms with Gasteiger partial charge in [0.1, 0.15) is 5.82 Å². The number of hydrogen-bond acceptors (Lipinski definition) is 3. The Morgan fingerprint density at radius 3 is 2.70 bits per heavy atom. The molecular weight excluding hydrogens is 299 g/mol. The Balaban J connectivity index is 2.68. The predicted molar refractivity (Wildman–Crippen MR) is 81.8 cm³/mol. The largest absolute Gasteiger partial charge is 0.397 e. The Hall–Kier alpha value is -1.72. The number of rotatable bonds is 4. The van der Waals surface area contributed by atoms with Crippen LogP contribution in [0.5, 0.6) is 0 Å². The maximum atomic E-state index is 12.4. The second kappa shape index (κ2) is 5.73. The van der Waals surface area contributed by atoms with Crippen molar-refractivity contribution in [3.8, 4) is 5.69 Å². The molecule has 1 aromatic heterocycles. The monoisotopic (exact) mass is 312 g/mol. The van der Waals surface area contributed by atoms with Crippen LogP contribution in [0.3, 0.4) is 0 Å². The molecule has 0 aliphatic rings. The fourth-order valence-electron chi connectivity index (χ4n) is 1.88. The van der Waals surface area contributed by atoms with Crippen LogP contribution < -0.4 is 11.4 Å². The standard InChI is InChI=1S/C13H14Cl2N4O/c1-3-5-18-12(4-2)17-19(13(18)20)11-7-10(16)8(14)6-9(11)15/h3,6-7H,1,4-5,16H2,2H3. The molecule has 0 atom stereocenters. The van der Waals surface area contributed by atoms with Crippen molar-refractivity contribution in [1.82, 2.24) is 14.3 Å². The van der Waals surface area contributed by atoms with Crippen molar-refractivity contribution in [3.63, 3.8) is 0 Å². The highest BCUT2D eigenvalue weighted by molar-refractivity contribution is 6.37. The first-order valence-corrected chi connectivity index (χ1v) is 6.79. The van der Waals surface area contributed by atoms with Crippen LogP contribution in [-0.4, -0.2) is 14.3 Å². The molecule has 0 radical (unpaired) electrons. The average Bonchev–Trinajstić information content (AvgIpc) is 2.72. The van der Waals surface area contributed by atoms with E-state index in [1.165, 1.54) is 21.4 Å². The first kappa shape index (κ1) is 14.7. The van der Waals surface area contributed by atoms with E-state index in [-0.39, 0.29) is 5.69 Å². The molecule has 5 nitrogen and oxygen atoms in total. The van der Waals surface area contributed by atoms with Gasteiger partial charge in [-0.25, -0.2) is 4.79 Å². The second-order valence-electron chi connectivity index (χ2n) is 4.19. The van der Waals surface area contributed by atoms with Crippen LogP contribution in [0.2, 0.25) is 10.0 Å². The molecule has 0 saturated heterocycles. The smallest absolute Gasteiger partial charge is 0.351 e. The van der Waals surface area contributed by atoms with Crippen molar-refractivity contribution >= 4 is 28.9 Å². The van der Waals surface area contributed by atoms with Gasteiger partial charge in [0.2, 0.25) is 0 Å². The highest BCUT2D eigenvalue weighted by Crippen LogP contribution is 2.28. The molecule has 0 unspecified atom stereocenters. The van der Waals surface area contributed by atoms with Crippen molar-refractivity contribution in [2.75, 3.05) is 5.73 Å². The average molecular weight is 313 g/mol. The lowest BCUT2D eigenvalue weighted by molar-refractivity contribution is 0.721. The summed E-state index contributed by atoms with van der Waals surface area (Å²) in [5, 5.41) is 4.94. The molecule has 1 aromatic carbocycles. The summed E-state index contributed by atoms with van der Waals surface area (Å²) >= 11 is 12.0. The van der Waals surface area contributed by atoms with E-state index < -0.39 is 0 Å². The van der Waals surface area contributed by atoms with Gasteiger partial charge in [-0.2, -0.15) is 4.68 Å². The third-order valence-electron chi connectivity index (χ3n) is 2.86. The number of halogens is 2. The van der Waals surface area contributed by atoms with E-state index in [1.807, 2.05) is 6.92 Å². The number of benzene rings is 1.